The fraction of sp³-hybridized carbons (Fsp3) is 0.500. The number of hydrogen-bond acceptors (Lipinski definition) is 7. The molecule has 4 rings (SSSR count). The Morgan fingerprint density at radius 1 is 1.06 bits per heavy atom. The summed E-state index contributed by atoms with van der Waals surface area (Å²) >= 11 is 1.31. The van der Waals surface area contributed by atoms with Gasteiger partial charge in [-0.3, -0.25) is 14.5 Å². The Labute approximate surface area is 190 Å². The van der Waals surface area contributed by atoms with Gasteiger partial charge in [0.15, 0.2) is 0 Å². The van der Waals surface area contributed by atoms with Gasteiger partial charge in [-0.25, -0.2) is 9.37 Å². The summed E-state index contributed by atoms with van der Waals surface area (Å²) in [6, 6.07) is 5.79. The molecule has 2 amide bonds. The lowest BCUT2D eigenvalue weighted by Crippen LogP contribution is -2.53. The number of ether oxygens (including phenoxy) is 2. The highest BCUT2D eigenvalue weighted by Gasteiger charge is 2.28. The fourth-order valence-corrected chi connectivity index (χ4v) is 4.69. The Bertz CT molecular complexity index is 938. The topological polar surface area (TPSA) is 75.2 Å². The number of aryl methyl sites for hydroxylation is 1. The van der Waals surface area contributed by atoms with E-state index in [4.69, 9.17) is 9.47 Å². The van der Waals surface area contributed by atoms with Crippen molar-refractivity contribution in [3.8, 4) is 5.75 Å². The quantitative estimate of drug-likeness (QED) is 0.652. The average molecular weight is 463 g/mol. The third-order valence-corrected chi connectivity index (χ3v) is 6.71. The molecular weight excluding hydrogens is 435 g/mol. The minimum atomic E-state index is -0.321. The van der Waals surface area contributed by atoms with Crippen LogP contribution in [-0.4, -0.2) is 90.5 Å². The largest absolute Gasteiger partial charge is 0.486 e. The molecule has 0 saturated carbocycles. The molecule has 2 fully saturated rings. The molecule has 1 aromatic heterocycles. The van der Waals surface area contributed by atoms with E-state index in [1.807, 2.05) is 11.8 Å². The zero-order valence-corrected chi connectivity index (χ0v) is 18.9. The molecule has 2 aromatic rings. The van der Waals surface area contributed by atoms with Gasteiger partial charge in [-0.15, -0.1) is 11.3 Å². The Hall–Kier alpha value is -2.56. The number of carbonyl (C=O) groups excluding carboxylic acids is 2. The molecule has 0 N–H and O–H groups in total. The number of thiazole rings is 1. The summed E-state index contributed by atoms with van der Waals surface area (Å²) in [6.07, 6.45) is 0. The van der Waals surface area contributed by atoms with Gasteiger partial charge in [0.05, 0.1) is 25.5 Å². The lowest BCUT2D eigenvalue weighted by atomic mass is 10.2. The van der Waals surface area contributed by atoms with Crippen molar-refractivity contribution in [2.75, 3.05) is 59.0 Å². The van der Waals surface area contributed by atoms with Crippen molar-refractivity contribution in [3.05, 3.63) is 45.7 Å². The van der Waals surface area contributed by atoms with E-state index in [2.05, 4.69) is 9.88 Å². The maximum absolute atomic E-state index is 13.0. The molecule has 0 bridgehead atoms. The maximum Gasteiger partial charge on any atom is 0.265 e. The third-order valence-electron chi connectivity index (χ3n) is 5.59. The number of carbonyl (C=O) groups is 2. The molecule has 2 saturated heterocycles. The number of amides is 2. The third kappa shape index (κ3) is 5.62. The van der Waals surface area contributed by atoms with Crippen LogP contribution in [0.1, 0.15) is 20.4 Å². The van der Waals surface area contributed by atoms with E-state index in [9.17, 15) is 14.0 Å². The molecule has 2 aliphatic rings. The summed E-state index contributed by atoms with van der Waals surface area (Å²) < 4.78 is 24.0. The fourth-order valence-electron chi connectivity index (χ4n) is 3.74. The summed E-state index contributed by atoms with van der Waals surface area (Å²) in [5, 5.41) is 0.689. The molecule has 3 heterocycles. The number of hydrogen-bond donors (Lipinski definition) is 0. The molecule has 0 spiro atoms. The van der Waals surface area contributed by atoms with Gasteiger partial charge in [-0.1, -0.05) is 0 Å². The monoisotopic (exact) mass is 462 g/mol. The smallest absolute Gasteiger partial charge is 0.265 e. The Morgan fingerprint density at radius 3 is 2.41 bits per heavy atom. The van der Waals surface area contributed by atoms with Gasteiger partial charge in [0, 0.05) is 39.3 Å². The number of benzene rings is 1. The van der Waals surface area contributed by atoms with Crippen LogP contribution >= 0.6 is 11.3 Å². The second kappa shape index (κ2) is 10.4. The van der Waals surface area contributed by atoms with Crippen molar-refractivity contribution in [2.45, 2.75) is 13.5 Å². The second-order valence-corrected chi connectivity index (χ2v) is 8.91. The summed E-state index contributed by atoms with van der Waals surface area (Å²) in [4.78, 5) is 36.4. The molecular formula is C22H27FN4O4S. The number of nitrogens with zero attached hydrogens (tertiary/aromatic N) is 4. The van der Waals surface area contributed by atoms with Crippen LogP contribution < -0.4 is 4.74 Å². The number of aromatic nitrogens is 1. The van der Waals surface area contributed by atoms with E-state index in [-0.39, 0.29) is 24.2 Å². The van der Waals surface area contributed by atoms with Crippen molar-refractivity contribution in [1.82, 2.24) is 19.7 Å². The highest BCUT2D eigenvalue weighted by atomic mass is 32.1. The Morgan fingerprint density at radius 2 is 1.72 bits per heavy atom. The molecule has 32 heavy (non-hydrogen) atoms. The first kappa shape index (κ1) is 22.6. The van der Waals surface area contributed by atoms with Crippen LogP contribution in [0.2, 0.25) is 0 Å². The molecule has 0 atom stereocenters. The van der Waals surface area contributed by atoms with Crippen molar-refractivity contribution >= 4 is 23.2 Å². The number of halogens is 1. The molecule has 0 radical (unpaired) electrons. The molecule has 172 valence electrons. The van der Waals surface area contributed by atoms with Gasteiger partial charge < -0.3 is 19.3 Å². The van der Waals surface area contributed by atoms with Crippen molar-refractivity contribution in [2.24, 2.45) is 0 Å². The van der Waals surface area contributed by atoms with E-state index in [1.165, 1.54) is 23.5 Å². The molecule has 10 heteroatoms. The highest BCUT2D eigenvalue weighted by molar-refractivity contribution is 7.13. The summed E-state index contributed by atoms with van der Waals surface area (Å²) in [5.41, 5.74) is 0.670. The maximum atomic E-state index is 13.0. The van der Waals surface area contributed by atoms with E-state index in [1.54, 1.807) is 17.0 Å². The van der Waals surface area contributed by atoms with E-state index < -0.39 is 0 Å². The molecule has 0 unspecified atom stereocenters. The minimum Gasteiger partial charge on any atom is -0.486 e. The predicted octanol–water partition coefficient (Wildman–Crippen LogP) is 1.79. The molecule has 8 nitrogen and oxygen atoms in total. The van der Waals surface area contributed by atoms with Gasteiger partial charge in [-0.05, 0) is 31.2 Å². The number of morpholine rings is 1. The van der Waals surface area contributed by atoms with Gasteiger partial charge in [0.1, 0.15) is 28.1 Å². The lowest BCUT2D eigenvalue weighted by molar-refractivity contribution is -0.134. The van der Waals surface area contributed by atoms with E-state index >= 15 is 0 Å². The van der Waals surface area contributed by atoms with Gasteiger partial charge in [0.2, 0.25) is 5.91 Å². The Balaban J connectivity index is 1.28. The van der Waals surface area contributed by atoms with Gasteiger partial charge in [-0.2, -0.15) is 0 Å². The van der Waals surface area contributed by atoms with Crippen LogP contribution in [0.5, 0.6) is 5.75 Å². The van der Waals surface area contributed by atoms with Crippen LogP contribution in [0.15, 0.2) is 24.3 Å². The normalized spacial score (nSPS) is 17.4. The van der Waals surface area contributed by atoms with E-state index in [0.29, 0.717) is 67.3 Å². The molecule has 1 aromatic carbocycles. The van der Waals surface area contributed by atoms with Crippen LogP contribution in [0.4, 0.5) is 4.39 Å². The molecule has 2 aliphatic heterocycles. The Kier molecular flexibility index (Phi) is 7.33. The van der Waals surface area contributed by atoms with Crippen LogP contribution in [0.3, 0.4) is 0 Å². The summed E-state index contributed by atoms with van der Waals surface area (Å²) in [5.74, 6) is 0.268. The van der Waals surface area contributed by atoms with E-state index in [0.717, 1.165) is 13.1 Å². The van der Waals surface area contributed by atoms with Crippen LogP contribution in [0, 0.1) is 12.7 Å². The number of piperazine rings is 1. The number of rotatable bonds is 6. The average Bonchev–Trinajstić information content (AvgIpc) is 3.19. The highest BCUT2D eigenvalue weighted by Crippen LogP contribution is 2.23. The van der Waals surface area contributed by atoms with Crippen LogP contribution in [0.25, 0.3) is 0 Å². The minimum absolute atomic E-state index is 0.0617. The molecule has 0 aliphatic carbocycles. The van der Waals surface area contributed by atoms with Gasteiger partial charge in [0.25, 0.3) is 5.91 Å². The first-order valence-corrected chi connectivity index (χ1v) is 11.5. The SMILES string of the molecule is Cc1nc(COc2ccc(F)cc2)sc1C(=O)N1CCN(C(=O)CN2CCOCC2)CC1. The van der Waals surface area contributed by atoms with Crippen molar-refractivity contribution in [1.29, 1.82) is 0 Å². The first-order chi connectivity index (χ1) is 15.5. The standard InChI is InChI=1S/C22H27FN4O4S/c1-16-21(32-19(24-16)15-31-18-4-2-17(23)3-5-18)22(29)27-8-6-26(7-9-27)20(28)14-25-10-12-30-13-11-25/h2-5H,6-15H2,1H3. The zero-order valence-electron chi connectivity index (χ0n) is 18.1. The predicted molar refractivity (Wildman–Crippen MR) is 117 cm³/mol. The van der Waals surface area contributed by atoms with Crippen molar-refractivity contribution < 1.29 is 23.5 Å². The first-order valence-electron chi connectivity index (χ1n) is 10.7. The lowest BCUT2D eigenvalue weighted by Gasteiger charge is -2.36. The van der Waals surface area contributed by atoms with Gasteiger partial charge >= 0.3 is 0 Å². The summed E-state index contributed by atoms with van der Waals surface area (Å²) in [6.45, 7) is 7.41. The van der Waals surface area contributed by atoms with Crippen molar-refractivity contribution in [3.63, 3.8) is 0 Å². The van der Waals surface area contributed by atoms with Crippen LogP contribution in [-0.2, 0) is 16.1 Å². The second-order valence-electron chi connectivity index (χ2n) is 7.83. The zero-order chi connectivity index (χ0) is 22.5. The summed E-state index contributed by atoms with van der Waals surface area (Å²) in [7, 11) is 0.